The smallest absolute Gasteiger partial charge is 0.119 e. The fourth-order valence-corrected chi connectivity index (χ4v) is 2.52. The summed E-state index contributed by atoms with van der Waals surface area (Å²) >= 11 is 0. The van der Waals surface area contributed by atoms with E-state index in [9.17, 15) is 5.11 Å². The molecule has 1 aromatic carbocycles. The third-order valence-corrected chi connectivity index (χ3v) is 4.10. The Morgan fingerprint density at radius 2 is 1.83 bits per heavy atom. The molecule has 1 aliphatic rings. The Morgan fingerprint density at radius 3 is 2.39 bits per heavy atom. The van der Waals surface area contributed by atoms with E-state index in [2.05, 4.69) is 26.0 Å². The second-order valence-electron chi connectivity index (χ2n) is 5.60. The molecule has 1 unspecified atom stereocenters. The van der Waals surface area contributed by atoms with E-state index in [-0.39, 0.29) is 0 Å². The van der Waals surface area contributed by atoms with Crippen molar-refractivity contribution in [2.24, 2.45) is 0 Å². The highest BCUT2D eigenvalue weighted by molar-refractivity contribution is 5.29. The predicted octanol–water partition coefficient (Wildman–Crippen LogP) is 3.88. The molecule has 0 bridgehead atoms. The van der Waals surface area contributed by atoms with Crippen LogP contribution in [-0.2, 0) is 0 Å². The zero-order chi connectivity index (χ0) is 13.0. The molecule has 1 aliphatic carbocycles. The van der Waals surface area contributed by atoms with Gasteiger partial charge in [-0.3, -0.25) is 0 Å². The fourth-order valence-electron chi connectivity index (χ4n) is 2.52. The Hall–Kier alpha value is -1.02. The highest BCUT2D eigenvalue weighted by atomic mass is 16.5. The molecular weight excluding hydrogens is 224 g/mol. The van der Waals surface area contributed by atoms with E-state index in [1.807, 2.05) is 12.1 Å². The largest absolute Gasteiger partial charge is 0.491 e. The van der Waals surface area contributed by atoms with Crippen molar-refractivity contribution in [3.05, 3.63) is 29.8 Å². The topological polar surface area (TPSA) is 29.5 Å². The molecule has 2 rings (SSSR count). The Kier molecular flexibility index (Phi) is 4.28. The van der Waals surface area contributed by atoms with Crippen LogP contribution < -0.4 is 4.74 Å². The van der Waals surface area contributed by atoms with Crippen LogP contribution in [0.25, 0.3) is 0 Å². The van der Waals surface area contributed by atoms with Gasteiger partial charge in [0, 0.05) is 0 Å². The number of benzene rings is 1. The Balaban J connectivity index is 1.90. The van der Waals surface area contributed by atoms with Crippen LogP contribution in [0.3, 0.4) is 0 Å². The van der Waals surface area contributed by atoms with Crippen molar-refractivity contribution in [3.63, 3.8) is 0 Å². The molecule has 1 aromatic rings. The second-order valence-corrected chi connectivity index (χ2v) is 5.60. The number of rotatable bonds is 5. The highest BCUT2D eigenvalue weighted by Crippen LogP contribution is 2.30. The summed E-state index contributed by atoms with van der Waals surface area (Å²) in [5, 5.41) is 10.2. The first-order chi connectivity index (χ1) is 8.63. The van der Waals surface area contributed by atoms with Gasteiger partial charge in [-0.25, -0.2) is 0 Å². The Bertz CT molecular complexity index is 363. The van der Waals surface area contributed by atoms with Crippen LogP contribution in [0.4, 0.5) is 0 Å². The quantitative estimate of drug-likeness (QED) is 0.856. The van der Waals surface area contributed by atoms with E-state index in [0.717, 1.165) is 37.9 Å². The molecule has 1 atom stereocenters. The lowest BCUT2D eigenvalue weighted by Crippen LogP contribution is -2.32. The highest BCUT2D eigenvalue weighted by Gasteiger charge is 2.31. The summed E-state index contributed by atoms with van der Waals surface area (Å²) in [5.41, 5.74) is 0.763. The minimum Gasteiger partial charge on any atom is -0.491 e. The number of hydrogen-bond acceptors (Lipinski definition) is 2. The van der Waals surface area contributed by atoms with E-state index in [1.165, 1.54) is 5.56 Å². The summed E-state index contributed by atoms with van der Waals surface area (Å²) in [6, 6.07) is 8.28. The van der Waals surface area contributed by atoms with Crippen molar-refractivity contribution >= 4 is 0 Å². The summed E-state index contributed by atoms with van der Waals surface area (Å²) in [7, 11) is 0. The standard InChI is InChI=1S/C16H24O2/c1-3-13(2)14-6-8-15(9-7-14)18-12-16(17)10-4-5-11-16/h6-9,13,17H,3-5,10-12H2,1-2H3. The number of hydrogen-bond donors (Lipinski definition) is 1. The average molecular weight is 248 g/mol. The van der Waals surface area contributed by atoms with Gasteiger partial charge in [-0.05, 0) is 42.9 Å². The molecule has 2 nitrogen and oxygen atoms in total. The van der Waals surface area contributed by atoms with E-state index in [4.69, 9.17) is 4.74 Å². The Morgan fingerprint density at radius 1 is 1.22 bits per heavy atom. The number of aliphatic hydroxyl groups is 1. The molecule has 1 fully saturated rings. The molecule has 0 saturated heterocycles. The molecule has 0 amide bonds. The predicted molar refractivity (Wildman–Crippen MR) is 74.1 cm³/mol. The van der Waals surface area contributed by atoms with Gasteiger partial charge in [0.15, 0.2) is 0 Å². The first kappa shape index (κ1) is 13.4. The molecule has 0 spiro atoms. The maximum atomic E-state index is 10.2. The lowest BCUT2D eigenvalue weighted by atomic mass is 9.99. The molecule has 0 heterocycles. The maximum Gasteiger partial charge on any atom is 0.119 e. The van der Waals surface area contributed by atoms with Crippen LogP contribution >= 0.6 is 0 Å². The van der Waals surface area contributed by atoms with Gasteiger partial charge < -0.3 is 9.84 Å². The molecule has 0 aliphatic heterocycles. The monoisotopic (exact) mass is 248 g/mol. The summed E-state index contributed by atoms with van der Waals surface area (Å²) in [4.78, 5) is 0. The van der Waals surface area contributed by atoms with E-state index in [1.54, 1.807) is 0 Å². The van der Waals surface area contributed by atoms with Crippen LogP contribution in [0.5, 0.6) is 5.75 Å². The van der Waals surface area contributed by atoms with Crippen LogP contribution in [0, 0.1) is 0 Å². The lowest BCUT2D eigenvalue weighted by Gasteiger charge is -2.22. The fraction of sp³-hybridized carbons (Fsp3) is 0.625. The van der Waals surface area contributed by atoms with E-state index in [0.29, 0.717) is 12.5 Å². The first-order valence-electron chi connectivity index (χ1n) is 7.08. The van der Waals surface area contributed by atoms with Gasteiger partial charge in [0.25, 0.3) is 0 Å². The third-order valence-electron chi connectivity index (χ3n) is 4.10. The van der Waals surface area contributed by atoms with E-state index >= 15 is 0 Å². The van der Waals surface area contributed by atoms with Crippen LogP contribution in [0.1, 0.15) is 57.4 Å². The zero-order valence-corrected chi connectivity index (χ0v) is 11.5. The number of ether oxygens (including phenoxy) is 1. The molecule has 1 saturated carbocycles. The normalized spacial score (nSPS) is 19.7. The summed E-state index contributed by atoms with van der Waals surface area (Å²) in [6.45, 7) is 4.86. The van der Waals surface area contributed by atoms with Gasteiger partial charge in [-0.2, -0.15) is 0 Å². The van der Waals surface area contributed by atoms with Gasteiger partial charge in [-0.15, -0.1) is 0 Å². The third kappa shape index (κ3) is 3.26. The van der Waals surface area contributed by atoms with Crippen molar-refractivity contribution in [1.29, 1.82) is 0 Å². The lowest BCUT2D eigenvalue weighted by molar-refractivity contribution is 0.00140. The molecule has 0 radical (unpaired) electrons. The van der Waals surface area contributed by atoms with Gasteiger partial charge in [-0.1, -0.05) is 38.8 Å². The van der Waals surface area contributed by atoms with Crippen molar-refractivity contribution in [3.8, 4) is 5.75 Å². The molecule has 1 N–H and O–H groups in total. The molecular formula is C16H24O2. The first-order valence-corrected chi connectivity index (χ1v) is 7.08. The van der Waals surface area contributed by atoms with Crippen LogP contribution in [-0.4, -0.2) is 17.3 Å². The zero-order valence-electron chi connectivity index (χ0n) is 11.5. The molecule has 100 valence electrons. The van der Waals surface area contributed by atoms with Crippen LogP contribution in [0.2, 0.25) is 0 Å². The maximum absolute atomic E-state index is 10.2. The molecule has 0 aromatic heterocycles. The molecule has 18 heavy (non-hydrogen) atoms. The van der Waals surface area contributed by atoms with Gasteiger partial charge in [0.2, 0.25) is 0 Å². The van der Waals surface area contributed by atoms with Crippen molar-refractivity contribution in [2.75, 3.05) is 6.61 Å². The molecule has 2 heteroatoms. The second kappa shape index (κ2) is 5.75. The van der Waals surface area contributed by atoms with Gasteiger partial charge in [0.1, 0.15) is 12.4 Å². The summed E-state index contributed by atoms with van der Waals surface area (Å²) in [5.74, 6) is 1.46. The Labute approximate surface area is 110 Å². The van der Waals surface area contributed by atoms with Gasteiger partial charge in [0.05, 0.1) is 5.60 Å². The van der Waals surface area contributed by atoms with Crippen molar-refractivity contribution in [2.45, 2.75) is 57.5 Å². The summed E-state index contributed by atoms with van der Waals surface area (Å²) < 4.78 is 5.71. The van der Waals surface area contributed by atoms with Gasteiger partial charge >= 0.3 is 0 Å². The minimum absolute atomic E-state index is 0.426. The van der Waals surface area contributed by atoms with Crippen LogP contribution in [0.15, 0.2) is 24.3 Å². The van der Waals surface area contributed by atoms with Crippen molar-refractivity contribution in [1.82, 2.24) is 0 Å². The van der Waals surface area contributed by atoms with E-state index < -0.39 is 5.60 Å². The minimum atomic E-state index is -0.588. The summed E-state index contributed by atoms with van der Waals surface area (Å²) in [6.07, 6.45) is 5.13. The average Bonchev–Trinajstić information content (AvgIpc) is 2.83. The SMILES string of the molecule is CCC(C)c1ccc(OCC2(O)CCCC2)cc1. The van der Waals surface area contributed by atoms with Crippen molar-refractivity contribution < 1.29 is 9.84 Å².